The third kappa shape index (κ3) is 59.6. The average Bonchev–Trinajstić information content (AvgIpc) is 3.40. The van der Waals surface area contributed by atoms with Gasteiger partial charge in [-0.2, -0.15) is 0 Å². The van der Waals surface area contributed by atoms with Gasteiger partial charge in [0.15, 0.2) is 0 Å². The van der Waals surface area contributed by atoms with Crippen LogP contribution in [-0.4, -0.2) is 47.4 Å². The molecule has 0 aromatic carbocycles. The van der Waals surface area contributed by atoms with Crippen LogP contribution >= 0.6 is 0 Å². The lowest BCUT2D eigenvalue weighted by atomic mass is 10.0. The number of aliphatic hydroxyl groups is 2. The van der Waals surface area contributed by atoms with E-state index < -0.39 is 12.1 Å². The Labute approximate surface area is 462 Å². The first-order valence-corrected chi connectivity index (χ1v) is 33.6. The minimum atomic E-state index is -0.661. The second kappa shape index (κ2) is 63.9. The van der Waals surface area contributed by atoms with Crippen LogP contribution in [0.25, 0.3) is 0 Å². The van der Waals surface area contributed by atoms with Crippen LogP contribution in [0.3, 0.4) is 0 Å². The first-order valence-electron chi connectivity index (χ1n) is 33.6. The molecule has 0 radical (unpaired) electrons. The molecule has 0 aliphatic carbocycles. The average molecular weight is 1040 g/mol. The summed E-state index contributed by atoms with van der Waals surface area (Å²) in [6.07, 6.45) is 79.4. The van der Waals surface area contributed by atoms with E-state index in [4.69, 9.17) is 4.74 Å². The molecule has 2 atom stereocenters. The van der Waals surface area contributed by atoms with Crippen molar-refractivity contribution < 1.29 is 24.5 Å². The van der Waals surface area contributed by atoms with E-state index in [0.717, 1.165) is 44.9 Å². The van der Waals surface area contributed by atoms with Gasteiger partial charge in [-0.25, -0.2) is 0 Å². The molecule has 0 rings (SSSR count). The van der Waals surface area contributed by atoms with Crippen molar-refractivity contribution >= 4 is 11.9 Å². The number of hydrogen-bond donors (Lipinski definition) is 3. The first kappa shape index (κ1) is 72.3. The summed E-state index contributed by atoms with van der Waals surface area (Å²) in [6, 6.07) is -0.538. The lowest BCUT2D eigenvalue weighted by Crippen LogP contribution is -2.45. The van der Waals surface area contributed by atoms with Gasteiger partial charge < -0.3 is 20.3 Å². The van der Waals surface area contributed by atoms with Gasteiger partial charge in [-0.1, -0.05) is 308 Å². The molecule has 438 valence electrons. The zero-order valence-corrected chi connectivity index (χ0v) is 50.1. The van der Waals surface area contributed by atoms with Crippen molar-refractivity contribution in [3.8, 4) is 0 Å². The van der Waals surface area contributed by atoms with Crippen molar-refractivity contribution in [2.75, 3.05) is 13.2 Å². The van der Waals surface area contributed by atoms with Crippen molar-refractivity contribution in [2.24, 2.45) is 0 Å². The van der Waals surface area contributed by atoms with Crippen LogP contribution < -0.4 is 5.32 Å². The summed E-state index contributed by atoms with van der Waals surface area (Å²) in [5.74, 6) is -0.0222. The molecule has 2 unspecified atom stereocenters. The van der Waals surface area contributed by atoms with Gasteiger partial charge in [0.2, 0.25) is 5.91 Å². The Morgan fingerprint density at radius 2 is 0.635 bits per heavy atom. The molecular weight excluding hydrogens is 911 g/mol. The number of amides is 1. The highest BCUT2D eigenvalue weighted by Crippen LogP contribution is 2.18. The van der Waals surface area contributed by atoms with Gasteiger partial charge in [-0.3, -0.25) is 9.59 Å². The first-order chi connectivity index (χ1) is 36.5. The molecule has 74 heavy (non-hydrogen) atoms. The van der Waals surface area contributed by atoms with Gasteiger partial charge in [0, 0.05) is 12.8 Å². The van der Waals surface area contributed by atoms with Gasteiger partial charge >= 0.3 is 5.97 Å². The summed E-state index contributed by atoms with van der Waals surface area (Å²) < 4.78 is 5.47. The fourth-order valence-electron chi connectivity index (χ4n) is 10.6. The number of nitrogens with one attached hydrogen (secondary N) is 1. The molecule has 0 aromatic heterocycles. The summed E-state index contributed by atoms with van der Waals surface area (Å²) >= 11 is 0. The van der Waals surface area contributed by atoms with E-state index in [9.17, 15) is 19.8 Å². The van der Waals surface area contributed by atoms with E-state index >= 15 is 0 Å². The van der Waals surface area contributed by atoms with E-state index in [0.29, 0.717) is 25.9 Å². The Morgan fingerprint density at radius 1 is 0.365 bits per heavy atom. The van der Waals surface area contributed by atoms with Gasteiger partial charge in [0.05, 0.1) is 25.4 Å². The lowest BCUT2D eigenvalue weighted by Gasteiger charge is -2.22. The number of ether oxygens (including phenoxy) is 1. The van der Waals surface area contributed by atoms with Crippen LogP contribution in [0.15, 0.2) is 24.3 Å². The Kier molecular flexibility index (Phi) is 62.4. The normalized spacial score (nSPS) is 12.6. The van der Waals surface area contributed by atoms with Crippen LogP contribution in [0, 0.1) is 0 Å². The number of carbonyl (C=O) groups excluding carboxylic acids is 2. The van der Waals surface area contributed by atoms with E-state index in [-0.39, 0.29) is 18.5 Å². The smallest absolute Gasteiger partial charge is 0.305 e. The quantitative estimate of drug-likeness (QED) is 0.0320. The molecule has 3 N–H and O–H groups in total. The Bertz CT molecular complexity index is 1150. The summed E-state index contributed by atoms with van der Waals surface area (Å²) in [5, 5.41) is 23.3. The fraction of sp³-hybridized carbons (Fsp3) is 0.912. The second-order valence-corrected chi connectivity index (χ2v) is 23.1. The summed E-state index contributed by atoms with van der Waals surface area (Å²) in [5.41, 5.74) is 0. The predicted molar refractivity (Wildman–Crippen MR) is 324 cm³/mol. The molecule has 6 heteroatoms. The fourth-order valence-corrected chi connectivity index (χ4v) is 10.6. The maximum Gasteiger partial charge on any atom is 0.305 e. The van der Waals surface area contributed by atoms with Gasteiger partial charge in [-0.05, 0) is 77.0 Å². The highest BCUT2D eigenvalue weighted by atomic mass is 16.5. The number of hydrogen-bond acceptors (Lipinski definition) is 5. The molecule has 0 aromatic rings. The monoisotopic (exact) mass is 1040 g/mol. The summed E-state index contributed by atoms with van der Waals surface area (Å²) in [6.45, 7) is 4.95. The number of unbranched alkanes of at least 4 members (excludes halogenated alkanes) is 48. The largest absolute Gasteiger partial charge is 0.466 e. The van der Waals surface area contributed by atoms with Crippen LogP contribution in [-0.2, 0) is 14.3 Å². The summed E-state index contributed by atoms with van der Waals surface area (Å²) in [4.78, 5) is 24.5. The Hall–Kier alpha value is -1.66. The molecule has 0 fully saturated rings. The van der Waals surface area contributed by atoms with Crippen LogP contribution in [0.4, 0.5) is 0 Å². The second-order valence-electron chi connectivity index (χ2n) is 23.1. The van der Waals surface area contributed by atoms with Crippen molar-refractivity contribution in [1.29, 1.82) is 0 Å². The molecule has 0 saturated heterocycles. The molecule has 0 spiro atoms. The molecule has 0 bridgehead atoms. The number of aliphatic hydroxyl groups excluding tert-OH is 2. The zero-order chi connectivity index (χ0) is 53.6. The highest BCUT2D eigenvalue weighted by molar-refractivity contribution is 5.76. The summed E-state index contributed by atoms with van der Waals surface area (Å²) in [7, 11) is 0. The maximum absolute atomic E-state index is 12.5. The van der Waals surface area contributed by atoms with Crippen LogP contribution in [0.1, 0.15) is 373 Å². The standard InChI is InChI=1S/C68H131NO5/c1-3-5-7-9-11-13-15-37-40-44-48-52-56-60-66(71)65(64-70)69-67(72)61-57-53-49-45-41-38-35-33-31-29-27-25-23-21-19-17-18-20-22-24-26-28-30-32-34-36-39-43-47-51-55-59-63-74-68(73)62-58-54-50-46-42-16-14-12-10-8-6-4-2/h12,14,20,22,65-66,70-71H,3-11,13,15-19,21,23-64H2,1-2H3,(H,69,72)/b14-12-,22-20-. The minimum absolute atomic E-state index is 0.00838. The lowest BCUT2D eigenvalue weighted by molar-refractivity contribution is -0.143. The number of carbonyl (C=O) groups is 2. The Morgan fingerprint density at radius 3 is 0.986 bits per heavy atom. The van der Waals surface area contributed by atoms with Gasteiger partial charge in [-0.15, -0.1) is 0 Å². The third-order valence-electron chi connectivity index (χ3n) is 15.7. The SMILES string of the molecule is CCCCC/C=C\CCCCCCCC(=O)OCCCCCCCCCCCCCC/C=C\CCCCCCCCCCCCCCCCCCC(=O)NC(CO)C(O)CCCCCCCCCCCCCCC. The maximum atomic E-state index is 12.5. The van der Waals surface area contributed by atoms with Crippen molar-refractivity contribution in [3.63, 3.8) is 0 Å². The Balaban J connectivity index is 3.34. The number of esters is 1. The number of allylic oxidation sites excluding steroid dienone is 4. The van der Waals surface area contributed by atoms with Crippen molar-refractivity contribution in [1.82, 2.24) is 5.32 Å². The minimum Gasteiger partial charge on any atom is -0.466 e. The molecule has 0 aliphatic rings. The molecular formula is C68H131NO5. The van der Waals surface area contributed by atoms with E-state index in [1.165, 1.54) is 295 Å². The molecule has 1 amide bonds. The molecule has 0 heterocycles. The van der Waals surface area contributed by atoms with E-state index in [1.807, 2.05) is 0 Å². The molecule has 0 saturated carbocycles. The van der Waals surface area contributed by atoms with Gasteiger partial charge in [0.25, 0.3) is 0 Å². The van der Waals surface area contributed by atoms with Crippen LogP contribution in [0.2, 0.25) is 0 Å². The molecule has 6 nitrogen and oxygen atoms in total. The predicted octanol–water partition coefficient (Wildman–Crippen LogP) is 21.4. The number of rotatable bonds is 63. The van der Waals surface area contributed by atoms with Gasteiger partial charge in [0.1, 0.15) is 0 Å². The molecule has 0 aliphatic heterocycles. The van der Waals surface area contributed by atoms with Crippen LogP contribution in [0.5, 0.6) is 0 Å². The zero-order valence-electron chi connectivity index (χ0n) is 50.1. The highest BCUT2D eigenvalue weighted by Gasteiger charge is 2.20. The third-order valence-corrected chi connectivity index (χ3v) is 15.7. The van der Waals surface area contributed by atoms with E-state index in [2.05, 4.69) is 43.5 Å². The van der Waals surface area contributed by atoms with Crippen molar-refractivity contribution in [3.05, 3.63) is 24.3 Å². The topological polar surface area (TPSA) is 95.9 Å². The van der Waals surface area contributed by atoms with Crippen molar-refractivity contribution in [2.45, 2.75) is 386 Å². The van der Waals surface area contributed by atoms with E-state index in [1.54, 1.807) is 0 Å².